The molecule has 0 atom stereocenters. The van der Waals surface area contributed by atoms with Crippen LogP contribution >= 0.6 is 11.3 Å². The molecule has 2 aromatic heterocycles. The van der Waals surface area contributed by atoms with Crippen molar-refractivity contribution >= 4 is 21.6 Å². The molecule has 1 aliphatic rings. The number of pyridine rings is 1. The molecule has 0 amide bonds. The van der Waals surface area contributed by atoms with E-state index in [9.17, 15) is 0 Å². The molecule has 1 aliphatic carbocycles. The van der Waals surface area contributed by atoms with E-state index in [4.69, 9.17) is 14.7 Å². The van der Waals surface area contributed by atoms with Crippen LogP contribution in [-0.4, -0.2) is 9.97 Å². The van der Waals surface area contributed by atoms with Crippen molar-refractivity contribution in [3.05, 3.63) is 190 Å². The number of ether oxygens (including phenoxy) is 1. The van der Waals surface area contributed by atoms with Gasteiger partial charge in [0.15, 0.2) is 0 Å². The Labute approximate surface area is 367 Å². The molecule has 0 spiro atoms. The van der Waals surface area contributed by atoms with Gasteiger partial charge in [-0.3, -0.25) is 9.97 Å². The van der Waals surface area contributed by atoms with E-state index in [0.29, 0.717) is 11.5 Å². The molecule has 0 unspecified atom stereocenters. The Morgan fingerprint density at radius 3 is 1.88 bits per heavy atom. The molecule has 3 nitrogen and oxygen atoms in total. The largest absolute Gasteiger partial charge is 2.00 e. The fourth-order valence-electron chi connectivity index (χ4n) is 8.87. The standard InChI is InChI=1S/C54H48N2OS.Pt/c1-33-25-34(2)50(35(3)26-33)36-27-37(51-56-47-17-10-11-18-48(47)58-51)29-42(28-36)57-41-16-14-15-40(30-41)54(49-19-12-13-24-55-49)45-31-38(52(4,5)6)20-22-43(45)44-23-21-39(32-46(44)54)53(7,8)9;/h10-28,31-32H,1-9H3;/q-2;+2. The van der Waals surface area contributed by atoms with E-state index in [1.54, 1.807) is 11.3 Å². The van der Waals surface area contributed by atoms with Crippen LogP contribution in [-0.2, 0) is 37.3 Å². The first-order valence-corrected chi connectivity index (χ1v) is 21.0. The molecule has 9 rings (SSSR count). The second-order valence-electron chi connectivity index (χ2n) is 17.9. The van der Waals surface area contributed by atoms with Crippen molar-refractivity contribution in [1.82, 2.24) is 9.97 Å². The zero-order valence-corrected chi connectivity index (χ0v) is 38.2. The Morgan fingerprint density at radius 1 is 0.627 bits per heavy atom. The molecule has 296 valence electrons. The van der Waals surface area contributed by atoms with Crippen molar-refractivity contribution in [2.45, 2.75) is 78.6 Å². The molecule has 0 fully saturated rings. The van der Waals surface area contributed by atoms with Crippen LogP contribution in [0, 0.1) is 32.9 Å². The average molecular weight is 968 g/mol. The number of para-hydroxylation sites is 1. The predicted molar refractivity (Wildman–Crippen MR) is 241 cm³/mol. The van der Waals surface area contributed by atoms with E-state index in [-0.39, 0.29) is 31.9 Å². The molecule has 0 radical (unpaired) electrons. The van der Waals surface area contributed by atoms with Crippen molar-refractivity contribution in [3.63, 3.8) is 0 Å². The van der Waals surface area contributed by atoms with Crippen LogP contribution in [0.2, 0.25) is 0 Å². The fourth-order valence-corrected chi connectivity index (χ4v) is 9.81. The minimum atomic E-state index is -0.748. The number of thiazole rings is 1. The SMILES string of the molecule is Cc1cc(C)c(-c2cc(Oc3[c-]c(C4(c5ccccn5)c5cc(C(C)(C)C)ccc5-c5ccc(C(C)(C)C)cc54)ccc3)[c-]c(-c3nc4ccccc4s3)c2)c(C)c1.[Pt+2]. The minimum Gasteiger partial charge on any atom is -0.503 e. The summed E-state index contributed by atoms with van der Waals surface area (Å²) in [5, 5.41) is 0.908. The predicted octanol–water partition coefficient (Wildman–Crippen LogP) is 14.3. The normalized spacial score (nSPS) is 13.2. The third-order valence-electron chi connectivity index (χ3n) is 11.6. The van der Waals surface area contributed by atoms with Gasteiger partial charge in [0, 0.05) is 27.4 Å². The molecule has 0 saturated heterocycles. The summed E-state index contributed by atoms with van der Waals surface area (Å²) in [4.78, 5) is 10.2. The van der Waals surface area contributed by atoms with E-state index in [1.165, 1.54) is 55.6 Å². The Balaban J connectivity index is 0.00000484. The first-order valence-electron chi connectivity index (χ1n) is 20.1. The van der Waals surface area contributed by atoms with Gasteiger partial charge < -0.3 is 4.74 Å². The third-order valence-corrected chi connectivity index (χ3v) is 12.7. The molecular formula is C54H48N2OPtS. The molecule has 0 bridgehead atoms. The van der Waals surface area contributed by atoms with E-state index in [2.05, 4.69) is 178 Å². The maximum absolute atomic E-state index is 6.94. The quantitative estimate of drug-likeness (QED) is 0.156. The molecule has 8 aromatic rings. The molecule has 2 heterocycles. The molecule has 0 aliphatic heterocycles. The van der Waals surface area contributed by atoms with Gasteiger partial charge in [-0.2, -0.15) is 23.5 Å². The van der Waals surface area contributed by atoms with Crippen LogP contribution in [0.15, 0.2) is 128 Å². The van der Waals surface area contributed by atoms with E-state index < -0.39 is 5.41 Å². The van der Waals surface area contributed by atoms with Crippen molar-refractivity contribution in [2.75, 3.05) is 0 Å². The van der Waals surface area contributed by atoms with E-state index in [0.717, 1.165) is 37.6 Å². The smallest absolute Gasteiger partial charge is 0.503 e. The topological polar surface area (TPSA) is 35.0 Å². The van der Waals surface area contributed by atoms with Gasteiger partial charge in [0.2, 0.25) is 0 Å². The summed E-state index contributed by atoms with van der Waals surface area (Å²) in [6.45, 7) is 20.2. The Morgan fingerprint density at radius 2 is 1.27 bits per heavy atom. The summed E-state index contributed by atoms with van der Waals surface area (Å²) in [5.74, 6) is 1.23. The van der Waals surface area contributed by atoms with Crippen molar-refractivity contribution < 1.29 is 25.8 Å². The molecular weight excluding hydrogens is 920 g/mol. The summed E-state index contributed by atoms with van der Waals surface area (Å²) in [6.07, 6.45) is 1.91. The van der Waals surface area contributed by atoms with Gasteiger partial charge in [0.05, 0.1) is 16.6 Å². The minimum absolute atomic E-state index is 0. The summed E-state index contributed by atoms with van der Waals surface area (Å²) in [6, 6.07) is 51.2. The number of hydrogen-bond donors (Lipinski definition) is 0. The second-order valence-corrected chi connectivity index (χ2v) is 19.0. The first-order chi connectivity index (χ1) is 27.7. The van der Waals surface area contributed by atoms with Gasteiger partial charge in [0.25, 0.3) is 0 Å². The van der Waals surface area contributed by atoms with Crippen LogP contribution in [0.1, 0.15) is 91.7 Å². The van der Waals surface area contributed by atoms with Crippen molar-refractivity contribution in [2.24, 2.45) is 0 Å². The second kappa shape index (κ2) is 15.1. The summed E-state index contributed by atoms with van der Waals surface area (Å²) < 4.78 is 8.08. The molecule has 0 saturated carbocycles. The zero-order chi connectivity index (χ0) is 40.6. The number of hydrogen-bond acceptors (Lipinski definition) is 4. The number of fused-ring (bicyclic) bond motifs is 4. The van der Waals surface area contributed by atoms with Gasteiger partial charge in [-0.15, -0.1) is 29.3 Å². The number of nitrogens with zero attached hydrogens (tertiary/aromatic N) is 2. The van der Waals surface area contributed by atoms with Crippen LogP contribution in [0.25, 0.3) is 43.0 Å². The van der Waals surface area contributed by atoms with Gasteiger partial charge >= 0.3 is 21.1 Å². The molecule has 5 heteroatoms. The van der Waals surface area contributed by atoms with Crippen LogP contribution in [0.4, 0.5) is 0 Å². The van der Waals surface area contributed by atoms with Crippen molar-refractivity contribution in [3.8, 4) is 44.3 Å². The number of aryl methyl sites for hydroxylation is 3. The number of benzene rings is 6. The zero-order valence-electron chi connectivity index (χ0n) is 35.2. The maximum atomic E-state index is 6.94. The van der Waals surface area contributed by atoms with E-state index in [1.807, 2.05) is 24.4 Å². The Bertz CT molecular complexity index is 2760. The average Bonchev–Trinajstić information content (AvgIpc) is 3.75. The Kier molecular flexibility index (Phi) is 10.4. The molecule has 59 heavy (non-hydrogen) atoms. The van der Waals surface area contributed by atoms with Crippen molar-refractivity contribution in [1.29, 1.82) is 0 Å². The summed E-state index contributed by atoms with van der Waals surface area (Å²) in [5.41, 5.74) is 16.3. The molecule has 6 aromatic carbocycles. The first kappa shape index (κ1) is 40.6. The fraction of sp³-hybridized carbons (Fsp3) is 0.222. The van der Waals surface area contributed by atoms with Gasteiger partial charge in [0.1, 0.15) is 0 Å². The monoisotopic (exact) mass is 967 g/mol. The molecule has 0 N–H and O–H groups in total. The van der Waals surface area contributed by atoms with E-state index >= 15 is 0 Å². The van der Waals surface area contributed by atoms with Crippen LogP contribution in [0.5, 0.6) is 11.5 Å². The Hall–Kier alpha value is -5.15. The third kappa shape index (κ3) is 7.19. The van der Waals surface area contributed by atoms with Gasteiger partial charge in [-0.25, -0.2) is 0 Å². The number of rotatable bonds is 6. The number of aromatic nitrogens is 2. The summed E-state index contributed by atoms with van der Waals surface area (Å²) >= 11 is 1.68. The summed E-state index contributed by atoms with van der Waals surface area (Å²) in [7, 11) is 0. The van der Waals surface area contributed by atoms with Crippen LogP contribution < -0.4 is 4.74 Å². The maximum Gasteiger partial charge on any atom is 2.00 e. The van der Waals surface area contributed by atoms with Crippen LogP contribution in [0.3, 0.4) is 0 Å². The van der Waals surface area contributed by atoms with Gasteiger partial charge in [-0.05, 0) is 106 Å². The van der Waals surface area contributed by atoms with Gasteiger partial charge in [-0.1, -0.05) is 132 Å².